The summed E-state index contributed by atoms with van der Waals surface area (Å²) in [4.78, 5) is 24.8. The second-order valence-electron chi connectivity index (χ2n) is 9.84. The molecule has 0 saturated heterocycles. The van der Waals surface area contributed by atoms with Crippen LogP contribution in [0.4, 0.5) is 13.2 Å². The van der Waals surface area contributed by atoms with E-state index in [-0.39, 0.29) is 30.9 Å². The number of benzene rings is 2. The number of carboxylic acids is 1. The topological polar surface area (TPSA) is 75.6 Å². The molecule has 1 amide bonds. The van der Waals surface area contributed by atoms with Crippen molar-refractivity contribution in [3.05, 3.63) is 42.0 Å². The summed E-state index contributed by atoms with van der Waals surface area (Å²) in [6, 6.07) is 9.58. The summed E-state index contributed by atoms with van der Waals surface area (Å²) < 4.78 is 45.0. The molecule has 1 unspecified atom stereocenters. The van der Waals surface area contributed by atoms with E-state index in [1.807, 2.05) is 12.1 Å². The number of aliphatic carboxylic acids is 1. The molecule has 0 bridgehead atoms. The zero-order chi connectivity index (χ0) is 24.4. The Morgan fingerprint density at radius 3 is 2.27 bits per heavy atom. The van der Waals surface area contributed by atoms with Crippen LogP contribution in [-0.2, 0) is 4.79 Å². The summed E-state index contributed by atoms with van der Waals surface area (Å²) in [5, 5.41) is 13.7. The van der Waals surface area contributed by atoms with Crippen LogP contribution in [0, 0.1) is 17.3 Å². The van der Waals surface area contributed by atoms with E-state index in [1.165, 1.54) is 0 Å². The minimum Gasteiger partial charge on any atom is -0.492 e. The molecule has 1 atom stereocenters. The van der Waals surface area contributed by atoms with Gasteiger partial charge in [0.15, 0.2) is 0 Å². The number of halogens is 3. The van der Waals surface area contributed by atoms with Gasteiger partial charge in [-0.3, -0.25) is 4.79 Å². The molecule has 0 aromatic heterocycles. The molecule has 5 nitrogen and oxygen atoms in total. The highest BCUT2D eigenvalue weighted by atomic mass is 19.4. The highest BCUT2D eigenvalue weighted by Crippen LogP contribution is 2.40. The lowest BCUT2D eigenvalue weighted by Crippen LogP contribution is -2.49. The quantitative estimate of drug-likeness (QED) is 0.564. The fraction of sp³-hybridized carbons (Fsp3) is 0.520. The van der Waals surface area contributed by atoms with Crippen LogP contribution in [0.5, 0.6) is 5.75 Å². The fourth-order valence-corrected chi connectivity index (χ4v) is 4.29. The van der Waals surface area contributed by atoms with E-state index >= 15 is 0 Å². The molecule has 0 spiro atoms. The minimum atomic E-state index is -4.17. The van der Waals surface area contributed by atoms with Crippen molar-refractivity contribution < 1.29 is 32.6 Å². The Morgan fingerprint density at radius 1 is 1.06 bits per heavy atom. The third-order valence-electron chi connectivity index (χ3n) is 6.29. The highest BCUT2D eigenvalue weighted by Gasteiger charge is 2.41. The lowest BCUT2D eigenvalue weighted by molar-refractivity contribution is -0.184. The molecule has 33 heavy (non-hydrogen) atoms. The summed E-state index contributed by atoms with van der Waals surface area (Å²) in [5.74, 6) is -2.70. The standard InChI is InChI=1S/C25H30F3NO4/c1-24(2,3)21(23(31)32)29-22(30)19-13-10-16-6-4-5-7-18(16)20(19)33-14-15-8-11-17(12-9-15)25(26,27)28/h4-7,10,13,15,17,21H,8-9,11-12,14H2,1-3H3,(H,29,30)(H,31,32)/t15-,17-,21?. The maximum atomic E-state index is 13.1. The average molecular weight is 466 g/mol. The van der Waals surface area contributed by atoms with Crippen LogP contribution in [0.25, 0.3) is 10.8 Å². The Bertz CT molecular complexity index is 1000. The molecule has 1 saturated carbocycles. The number of fused-ring (bicyclic) bond motifs is 1. The van der Waals surface area contributed by atoms with Gasteiger partial charge in [0.2, 0.25) is 0 Å². The Kier molecular flexibility index (Phi) is 7.24. The lowest BCUT2D eigenvalue weighted by Gasteiger charge is -2.30. The normalized spacial score (nSPS) is 20.3. The fourth-order valence-electron chi connectivity index (χ4n) is 4.29. The van der Waals surface area contributed by atoms with Crippen molar-refractivity contribution in [2.45, 2.75) is 58.7 Å². The second kappa shape index (κ2) is 9.61. The highest BCUT2D eigenvalue weighted by molar-refractivity contribution is 6.05. The summed E-state index contributed by atoms with van der Waals surface area (Å²) in [7, 11) is 0. The van der Waals surface area contributed by atoms with Crippen molar-refractivity contribution in [1.29, 1.82) is 0 Å². The van der Waals surface area contributed by atoms with Crippen molar-refractivity contribution >= 4 is 22.6 Å². The van der Waals surface area contributed by atoms with Crippen LogP contribution < -0.4 is 10.1 Å². The van der Waals surface area contributed by atoms with Gasteiger partial charge in [-0.2, -0.15) is 13.2 Å². The van der Waals surface area contributed by atoms with Crippen molar-refractivity contribution in [2.24, 2.45) is 17.3 Å². The summed E-state index contributed by atoms with van der Waals surface area (Å²) in [6.45, 7) is 5.37. The first-order valence-corrected chi connectivity index (χ1v) is 11.1. The van der Waals surface area contributed by atoms with Crippen molar-refractivity contribution in [1.82, 2.24) is 5.32 Å². The molecule has 0 aliphatic heterocycles. The maximum absolute atomic E-state index is 13.1. The van der Waals surface area contributed by atoms with Crippen LogP contribution in [0.3, 0.4) is 0 Å². The third-order valence-corrected chi connectivity index (χ3v) is 6.29. The zero-order valence-electron chi connectivity index (χ0n) is 19.0. The first kappa shape index (κ1) is 24.9. The van der Waals surface area contributed by atoms with Gasteiger partial charge in [0.05, 0.1) is 18.1 Å². The largest absolute Gasteiger partial charge is 0.492 e. The second-order valence-corrected chi connectivity index (χ2v) is 9.84. The molecule has 3 rings (SSSR count). The SMILES string of the molecule is CC(C)(C)C(NC(=O)c1ccc2ccccc2c1OC[C@H]1CC[C@H](C(F)(F)F)CC1)C(=O)O. The number of carboxylic acid groups (broad SMARTS) is 1. The van der Waals surface area contributed by atoms with Gasteiger partial charge in [-0.25, -0.2) is 4.79 Å². The van der Waals surface area contributed by atoms with Crippen LogP contribution in [0.2, 0.25) is 0 Å². The lowest BCUT2D eigenvalue weighted by atomic mass is 9.82. The maximum Gasteiger partial charge on any atom is 0.391 e. The smallest absolute Gasteiger partial charge is 0.391 e. The van der Waals surface area contributed by atoms with Gasteiger partial charge in [0.25, 0.3) is 5.91 Å². The molecular weight excluding hydrogens is 435 g/mol. The molecule has 2 N–H and O–H groups in total. The Hall–Kier alpha value is -2.77. The molecule has 180 valence electrons. The van der Waals surface area contributed by atoms with E-state index in [0.29, 0.717) is 24.0 Å². The molecule has 1 aliphatic carbocycles. The van der Waals surface area contributed by atoms with E-state index in [1.54, 1.807) is 45.0 Å². The van der Waals surface area contributed by atoms with Crippen molar-refractivity contribution in [2.75, 3.05) is 6.61 Å². The number of amides is 1. The molecule has 1 aliphatic rings. The van der Waals surface area contributed by atoms with E-state index in [0.717, 1.165) is 5.39 Å². The molecule has 2 aromatic rings. The number of ether oxygens (including phenoxy) is 1. The monoisotopic (exact) mass is 465 g/mol. The minimum absolute atomic E-state index is 0.0418. The number of hydrogen-bond acceptors (Lipinski definition) is 3. The molecule has 2 aromatic carbocycles. The van der Waals surface area contributed by atoms with Crippen LogP contribution in [0.15, 0.2) is 36.4 Å². The zero-order valence-corrected chi connectivity index (χ0v) is 19.0. The van der Waals surface area contributed by atoms with Crippen LogP contribution in [0.1, 0.15) is 56.8 Å². The third kappa shape index (κ3) is 5.97. The number of carbonyl (C=O) groups is 2. The Labute approximate surface area is 191 Å². The van der Waals surface area contributed by atoms with Crippen LogP contribution in [-0.4, -0.2) is 35.8 Å². The predicted octanol–water partition coefficient (Wildman–Crippen LogP) is 5.82. The van der Waals surface area contributed by atoms with E-state index in [9.17, 15) is 27.9 Å². The Balaban J connectivity index is 1.82. The van der Waals surface area contributed by atoms with Crippen molar-refractivity contribution in [3.63, 3.8) is 0 Å². The number of nitrogens with one attached hydrogen (secondary N) is 1. The summed E-state index contributed by atoms with van der Waals surface area (Å²) in [6.07, 6.45) is -3.21. The molecule has 1 fully saturated rings. The van der Waals surface area contributed by atoms with Gasteiger partial charge >= 0.3 is 12.1 Å². The number of alkyl halides is 3. The van der Waals surface area contributed by atoms with Gasteiger partial charge in [0, 0.05) is 5.39 Å². The molecule has 0 radical (unpaired) electrons. The first-order valence-electron chi connectivity index (χ1n) is 11.1. The van der Waals surface area contributed by atoms with Gasteiger partial charge in [-0.1, -0.05) is 51.1 Å². The van der Waals surface area contributed by atoms with E-state index in [2.05, 4.69) is 5.32 Å². The number of rotatable bonds is 6. The van der Waals surface area contributed by atoms with E-state index in [4.69, 9.17) is 4.74 Å². The number of hydrogen-bond donors (Lipinski definition) is 2. The van der Waals surface area contributed by atoms with Gasteiger partial charge < -0.3 is 15.2 Å². The van der Waals surface area contributed by atoms with Crippen LogP contribution >= 0.6 is 0 Å². The first-order chi connectivity index (χ1) is 15.4. The van der Waals surface area contributed by atoms with Gasteiger partial charge in [-0.15, -0.1) is 0 Å². The number of carbonyl (C=O) groups excluding carboxylic acids is 1. The molecular formula is C25H30F3NO4. The molecule has 0 heterocycles. The average Bonchev–Trinajstić information content (AvgIpc) is 2.74. The molecule has 8 heteroatoms. The van der Waals surface area contributed by atoms with Gasteiger partial charge in [0.1, 0.15) is 11.8 Å². The van der Waals surface area contributed by atoms with Gasteiger partial charge in [-0.05, 0) is 48.5 Å². The van der Waals surface area contributed by atoms with Crippen molar-refractivity contribution in [3.8, 4) is 5.75 Å². The predicted molar refractivity (Wildman–Crippen MR) is 119 cm³/mol. The van der Waals surface area contributed by atoms with E-state index < -0.39 is 35.4 Å². The summed E-state index contributed by atoms with van der Waals surface area (Å²) in [5.41, 5.74) is -0.510. The Morgan fingerprint density at radius 2 is 1.70 bits per heavy atom. The summed E-state index contributed by atoms with van der Waals surface area (Å²) >= 11 is 0.